The zero-order valence-corrected chi connectivity index (χ0v) is 29.6. The summed E-state index contributed by atoms with van der Waals surface area (Å²) >= 11 is 0. The predicted molar refractivity (Wildman–Crippen MR) is 188 cm³/mol. The van der Waals surface area contributed by atoms with E-state index in [9.17, 15) is 0 Å². The van der Waals surface area contributed by atoms with Crippen LogP contribution in [0.25, 0.3) is 0 Å². The zero-order chi connectivity index (χ0) is 30.2. The van der Waals surface area contributed by atoms with Gasteiger partial charge >= 0.3 is 0 Å². The van der Waals surface area contributed by atoms with Crippen LogP contribution in [0.4, 0.5) is 0 Å². The van der Waals surface area contributed by atoms with Gasteiger partial charge in [-0.3, -0.25) is 0 Å². The highest BCUT2D eigenvalue weighted by atomic mass is 15.1. The van der Waals surface area contributed by atoms with Gasteiger partial charge in [0.2, 0.25) is 0 Å². The Labute approximate surface area is 266 Å². The van der Waals surface area contributed by atoms with Crippen molar-refractivity contribution in [3.8, 4) is 0 Å². The van der Waals surface area contributed by atoms with E-state index in [2.05, 4.69) is 42.3 Å². The second-order valence-electron chi connectivity index (χ2n) is 13.8. The maximum absolute atomic E-state index is 2.62. The largest absolute Gasteiger partial charge is 0.256 e. The lowest BCUT2D eigenvalue weighted by Crippen LogP contribution is -2.37. The smallest absolute Gasteiger partial charge is 0.234 e. The molecule has 0 spiro atoms. The van der Waals surface area contributed by atoms with E-state index in [4.69, 9.17) is 0 Å². The molecule has 0 N–H and O–H groups in total. The van der Waals surface area contributed by atoms with Gasteiger partial charge in [0.1, 0.15) is 12.4 Å². The first-order chi connectivity index (χ1) is 20.8. The van der Waals surface area contributed by atoms with Crippen molar-refractivity contribution < 1.29 is 4.57 Å². The van der Waals surface area contributed by atoms with Crippen LogP contribution in [-0.4, -0.2) is 4.57 Å². The van der Waals surface area contributed by atoms with Gasteiger partial charge in [-0.05, 0) is 32.1 Å². The molecule has 2 nitrogen and oxygen atoms in total. The quantitative estimate of drug-likeness (QED) is 0.0560. The lowest BCUT2D eigenvalue weighted by atomic mass is 10.0. The first-order valence-electron chi connectivity index (χ1n) is 19.9. The van der Waals surface area contributed by atoms with E-state index in [-0.39, 0.29) is 0 Å². The van der Waals surface area contributed by atoms with E-state index < -0.39 is 0 Å². The minimum atomic E-state index is 1.22. The van der Waals surface area contributed by atoms with Gasteiger partial charge < -0.3 is 0 Å². The standard InChI is InChI=1S/C40H79N2/c1-4-7-10-13-15-17-19-20-21-22-23-24-25-27-29-31-34-37-42-39-38-41(36-33-12-9-6-3)40(42)35-32-30-28-26-18-16-14-11-8-5-2/h38-39H,4-37H2,1-3H3/q+1. The summed E-state index contributed by atoms with van der Waals surface area (Å²) in [5.74, 6) is 1.61. The van der Waals surface area contributed by atoms with Crippen LogP contribution in [0.3, 0.4) is 0 Å². The second-order valence-corrected chi connectivity index (χ2v) is 13.8. The van der Waals surface area contributed by atoms with E-state index in [1.54, 1.807) is 5.82 Å². The highest BCUT2D eigenvalue weighted by molar-refractivity contribution is 4.84. The molecule has 0 fully saturated rings. The Morgan fingerprint density at radius 1 is 0.405 bits per heavy atom. The van der Waals surface area contributed by atoms with Crippen molar-refractivity contribution in [2.45, 2.75) is 239 Å². The molecule has 2 heteroatoms. The van der Waals surface area contributed by atoms with Crippen LogP contribution < -0.4 is 4.57 Å². The van der Waals surface area contributed by atoms with Crippen molar-refractivity contribution in [2.24, 2.45) is 0 Å². The fourth-order valence-electron chi connectivity index (χ4n) is 6.68. The van der Waals surface area contributed by atoms with Gasteiger partial charge in [-0.25, -0.2) is 9.13 Å². The molecule has 0 amide bonds. The molecule has 0 atom stereocenters. The number of rotatable bonds is 34. The summed E-state index contributed by atoms with van der Waals surface area (Å²) in [6.07, 6.45) is 50.4. The number of nitrogens with zero attached hydrogens (tertiary/aromatic N) is 2. The van der Waals surface area contributed by atoms with Gasteiger partial charge in [0, 0.05) is 6.42 Å². The van der Waals surface area contributed by atoms with Gasteiger partial charge in [-0.2, -0.15) is 0 Å². The third-order valence-corrected chi connectivity index (χ3v) is 9.60. The van der Waals surface area contributed by atoms with Crippen molar-refractivity contribution in [1.82, 2.24) is 4.57 Å². The SMILES string of the molecule is CCCCCCCCCCCCCCCCCCC[n+]1ccn(CCCCCC)c1CCCCCCCCCCCC. The summed E-state index contributed by atoms with van der Waals surface area (Å²) in [6, 6.07) is 0. The number of hydrogen-bond donors (Lipinski definition) is 0. The van der Waals surface area contributed by atoms with Crippen LogP contribution >= 0.6 is 0 Å². The molecule has 0 aliphatic carbocycles. The molecule has 1 rings (SSSR count). The summed E-state index contributed by atoms with van der Waals surface area (Å²) in [7, 11) is 0. The van der Waals surface area contributed by atoms with Gasteiger partial charge in [0.05, 0.1) is 13.1 Å². The lowest BCUT2D eigenvalue weighted by molar-refractivity contribution is -0.704. The highest BCUT2D eigenvalue weighted by Crippen LogP contribution is 2.15. The molecule has 0 aliphatic rings. The van der Waals surface area contributed by atoms with Crippen LogP contribution in [0, 0.1) is 0 Å². The van der Waals surface area contributed by atoms with Gasteiger partial charge in [-0.15, -0.1) is 0 Å². The average molecular weight is 588 g/mol. The Hall–Kier alpha value is -0.790. The Kier molecular flexibility index (Phi) is 29.5. The number of hydrogen-bond acceptors (Lipinski definition) is 0. The topological polar surface area (TPSA) is 8.81 Å². The Balaban J connectivity index is 2.14. The molecular weight excluding hydrogens is 508 g/mol. The maximum atomic E-state index is 2.62. The van der Waals surface area contributed by atoms with E-state index in [1.807, 2.05) is 0 Å². The highest BCUT2D eigenvalue weighted by Gasteiger charge is 2.16. The van der Waals surface area contributed by atoms with Crippen LogP contribution in [0.2, 0.25) is 0 Å². The van der Waals surface area contributed by atoms with Crippen molar-refractivity contribution in [2.75, 3.05) is 0 Å². The van der Waals surface area contributed by atoms with E-state index in [1.165, 1.54) is 219 Å². The van der Waals surface area contributed by atoms with Crippen LogP contribution in [0.5, 0.6) is 0 Å². The molecule has 0 radical (unpaired) electrons. The summed E-state index contributed by atoms with van der Waals surface area (Å²) in [6.45, 7) is 9.39. The average Bonchev–Trinajstić information content (AvgIpc) is 3.38. The molecule has 248 valence electrons. The van der Waals surface area contributed by atoms with E-state index in [0.29, 0.717) is 0 Å². The zero-order valence-electron chi connectivity index (χ0n) is 29.6. The van der Waals surface area contributed by atoms with Crippen molar-refractivity contribution in [1.29, 1.82) is 0 Å². The molecular formula is C40H79N2+. The Bertz CT molecular complexity index is 648. The van der Waals surface area contributed by atoms with Gasteiger partial charge in [-0.1, -0.05) is 188 Å². The lowest BCUT2D eigenvalue weighted by Gasteiger charge is -2.07. The predicted octanol–water partition coefficient (Wildman–Crippen LogP) is 13.5. The van der Waals surface area contributed by atoms with Crippen molar-refractivity contribution in [3.05, 3.63) is 18.2 Å². The number of aryl methyl sites for hydroxylation is 2. The minimum Gasteiger partial charge on any atom is -0.234 e. The normalized spacial score (nSPS) is 11.6. The third-order valence-electron chi connectivity index (χ3n) is 9.60. The third kappa shape index (κ3) is 23.6. The second kappa shape index (κ2) is 31.6. The van der Waals surface area contributed by atoms with Crippen molar-refractivity contribution in [3.63, 3.8) is 0 Å². The summed E-state index contributed by atoms with van der Waals surface area (Å²) in [5.41, 5.74) is 0. The fraction of sp³-hybridized carbons (Fsp3) is 0.925. The molecule has 0 saturated carbocycles. The minimum absolute atomic E-state index is 1.22. The van der Waals surface area contributed by atoms with E-state index in [0.717, 1.165) is 0 Å². The molecule has 0 saturated heterocycles. The fourth-order valence-corrected chi connectivity index (χ4v) is 6.68. The summed E-state index contributed by atoms with van der Waals surface area (Å²) in [4.78, 5) is 0. The van der Waals surface area contributed by atoms with E-state index >= 15 is 0 Å². The van der Waals surface area contributed by atoms with Gasteiger partial charge in [0.25, 0.3) is 5.82 Å². The monoisotopic (exact) mass is 588 g/mol. The Morgan fingerprint density at radius 3 is 1.14 bits per heavy atom. The van der Waals surface area contributed by atoms with Crippen molar-refractivity contribution >= 4 is 0 Å². The summed E-state index contributed by atoms with van der Waals surface area (Å²) in [5, 5.41) is 0. The molecule has 1 aromatic rings. The molecule has 0 bridgehead atoms. The number of imidazole rings is 1. The number of unbranched alkanes of at least 4 members (excludes halogenated alkanes) is 28. The van der Waals surface area contributed by atoms with Crippen LogP contribution in [-0.2, 0) is 19.5 Å². The molecule has 0 aromatic carbocycles. The molecule has 1 aromatic heterocycles. The Morgan fingerprint density at radius 2 is 0.738 bits per heavy atom. The summed E-state index contributed by atoms with van der Waals surface area (Å²) < 4.78 is 5.23. The molecule has 1 heterocycles. The molecule has 0 aliphatic heterocycles. The van der Waals surface area contributed by atoms with Gasteiger partial charge in [0.15, 0.2) is 0 Å². The molecule has 0 unspecified atom stereocenters. The first-order valence-corrected chi connectivity index (χ1v) is 19.9. The van der Waals surface area contributed by atoms with Crippen LogP contribution in [0.15, 0.2) is 12.4 Å². The number of aromatic nitrogens is 2. The van der Waals surface area contributed by atoms with Crippen LogP contribution in [0.1, 0.15) is 226 Å². The molecule has 42 heavy (non-hydrogen) atoms. The maximum Gasteiger partial charge on any atom is 0.256 e. The first kappa shape index (κ1) is 39.2.